The van der Waals surface area contributed by atoms with Crippen LogP contribution in [-0.4, -0.2) is 44.5 Å². The molecule has 0 unspecified atom stereocenters. The summed E-state index contributed by atoms with van der Waals surface area (Å²) in [7, 11) is 0. The van der Waals surface area contributed by atoms with Gasteiger partial charge in [0.2, 0.25) is 5.82 Å². The first kappa shape index (κ1) is 19.3. The van der Waals surface area contributed by atoms with Crippen LogP contribution in [0, 0.1) is 5.92 Å². The Balaban J connectivity index is 1.53. The summed E-state index contributed by atoms with van der Waals surface area (Å²) < 4.78 is 38.2. The molecular weight excluding hydrogens is 385 g/mol. The van der Waals surface area contributed by atoms with E-state index in [-0.39, 0.29) is 5.92 Å². The van der Waals surface area contributed by atoms with Crippen LogP contribution in [-0.2, 0) is 12.7 Å². The fourth-order valence-electron chi connectivity index (χ4n) is 3.23. The molecule has 0 bridgehead atoms. The third-order valence-corrected chi connectivity index (χ3v) is 4.81. The number of β-amino-alcohol motifs (C(OH)–C–C–N with tert-alkyl or cyclic N) is 1. The van der Waals surface area contributed by atoms with Crippen molar-refractivity contribution in [2.45, 2.75) is 18.8 Å². The van der Waals surface area contributed by atoms with E-state index >= 15 is 0 Å². The van der Waals surface area contributed by atoms with Crippen LogP contribution in [0.15, 0.2) is 48.5 Å². The minimum Gasteiger partial charge on any atom is -0.391 e. The van der Waals surface area contributed by atoms with Gasteiger partial charge in [0.1, 0.15) is 0 Å². The Morgan fingerprint density at radius 3 is 2.55 bits per heavy atom. The molecule has 0 spiro atoms. The molecule has 0 amide bonds. The average molecular weight is 404 g/mol. The lowest BCUT2D eigenvalue weighted by Gasteiger charge is -2.12. The predicted octanol–water partition coefficient (Wildman–Crippen LogP) is 2.68. The lowest BCUT2D eigenvalue weighted by Crippen LogP contribution is -2.24. The van der Waals surface area contributed by atoms with Gasteiger partial charge < -0.3 is 15.7 Å². The van der Waals surface area contributed by atoms with Crippen molar-refractivity contribution in [1.82, 2.24) is 25.5 Å². The van der Waals surface area contributed by atoms with Crippen molar-refractivity contribution in [2.24, 2.45) is 5.92 Å². The molecule has 1 aromatic heterocycles. The van der Waals surface area contributed by atoms with E-state index in [0.717, 1.165) is 12.1 Å². The van der Waals surface area contributed by atoms with E-state index in [1.807, 2.05) is 6.07 Å². The number of nitrogens with zero attached hydrogens (tertiary/aromatic N) is 4. The molecule has 1 fully saturated rings. The van der Waals surface area contributed by atoms with Crippen molar-refractivity contribution in [3.05, 3.63) is 54.1 Å². The van der Waals surface area contributed by atoms with Gasteiger partial charge in [-0.2, -0.15) is 18.0 Å². The number of para-hydroxylation sites is 1. The summed E-state index contributed by atoms with van der Waals surface area (Å²) in [6, 6.07) is 12.0. The van der Waals surface area contributed by atoms with E-state index in [2.05, 4.69) is 26.0 Å². The number of aliphatic hydroxyl groups is 1. The maximum Gasteiger partial charge on any atom is 0.416 e. The van der Waals surface area contributed by atoms with E-state index in [4.69, 9.17) is 0 Å². The fraction of sp³-hybridized carbons (Fsp3) is 0.316. The van der Waals surface area contributed by atoms with E-state index < -0.39 is 17.8 Å². The van der Waals surface area contributed by atoms with Crippen LogP contribution in [0.25, 0.3) is 11.4 Å². The lowest BCUT2D eigenvalue weighted by molar-refractivity contribution is -0.137. The summed E-state index contributed by atoms with van der Waals surface area (Å²) in [5.74, 6) is 0.401. The molecule has 0 aliphatic carbocycles. The van der Waals surface area contributed by atoms with E-state index in [0.29, 0.717) is 42.4 Å². The average Bonchev–Trinajstić information content (AvgIpc) is 3.32. The number of rotatable bonds is 5. The van der Waals surface area contributed by atoms with Gasteiger partial charge in [-0.25, -0.2) is 0 Å². The quantitative estimate of drug-likeness (QED) is 0.606. The zero-order valence-corrected chi connectivity index (χ0v) is 15.3. The summed E-state index contributed by atoms with van der Waals surface area (Å²) in [6.07, 6.45) is -4.82. The first-order valence-electron chi connectivity index (χ1n) is 9.10. The first-order valence-corrected chi connectivity index (χ1v) is 9.10. The molecule has 0 radical (unpaired) electrons. The third kappa shape index (κ3) is 4.38. The molecule has 4 rings (SSSR count). The second-order valence-corrected chi connectivity index (χ2v) is 6.90. The zero-order chi connectivity index (χ0) is 20.4. The van der Waals surface area contributed by atoms with Crippen LogP contribution in [0.2, 0.25) is 0 Å². The van der Waals surface area contributed by atoms with Gasteiger partial charge in [-0.15, -0.1) is 10.2 Å². The number of tetrazole rings is 1. The lowest BCUT2D eigenvalue weighted by atomic mass is 10.1. The topological polar surface area (TPSA) is 87.9 Å². The Kier molecular flexibility index (Phi) is 5.20. The van der Waals surface area contributed by atoms with Crippen molar-refractivity contribution in [1.29, 1.82) is 0 Å². The van der Waals surface area contributed by atoms with Gasteiger partial charge in [-0.1, -0.05) is 12.1 Å². The minimum atomic E-state index is -4.37. The number of halogens is 3. The number of nitrogens with one attached hydrogen (secondary N) is 2. The number of hydrogen-bond acceptors (Lipinski definition) is 6. The standard InChI is InChI=1S/C19H19F3N6O/c20-19(21,22)13-5-7-14(8-6-13)24-16-4-2-1-3-15(16)18-25-27-28(26-18)11-12-9-23-10-17(12)29/h1-8,12,17,23-24,29H,9-11H2/t12-,17+/m0/s1. The molecule has 29 heavy (non-hydrogen) atoms. The van der Waals surface area contributed by atoms with E-state index in [1.54, 1.807) is 18.2 Å². The van der Waals surface area contributed by atoms with E-state index in [9.17, 15) is 18.3 Å². The van der Waals surface area contributed by atoms with Crippen LogP contribution in [0.1, 0.15) is 5.56 Å². The molecular formula is C19H19F3N6O. The van der Waals surface area contributed by atoms with Gasteiger partial charge in [-0.05, 0) is 41.6 Å². The molecule has 1 aliphatic rings. The second kappa shape index (κ2) is 7.80. The molecule has 3 aromatic rings. The molecule has 10 heteroatoms. The van der Waals surface area contributed by atoms with Crippen molar-refractivity contribution < 1.29 is 18.3 Å². The van der Waals surface area contributed by atoms with Gasteiger partial charge >= 0.3 is 6.18 Å². The Morgan fingerprint density at radius 1 is 1.10 bits per heavy atom. The largest absolute Gasteiger partial charge is 0.416 e. The van der Waals surface area contributed by atoms with Gasteiger partial charge in [-0.3, -0.25) is 0 Å². The SMILES string of the molecule is O[C@@H]1CNC[C@H]1Cn1nnc(-c2ccccc2Nc2ccc(C(F)(F)F)cc2)n1. The third-order valence-electron chi connectivity index (χ3n) is 4.81. The molecule has 1 aliphatic heterocycles. The molecule has 0 saturated carbocycles. The molecule has 1 saturated heterocycles. The van der Waals surface area contributed by atoms with Crippen LogP contribution >= 0.6 is 0 Å². The Morgan fingerprint density at radius 2 is 1.86 bits per heavy atom. The summed E-state index contributed by atoms with van der Waals surface area (Å²) in [5.41, 5.74) is 1.13. The summed E-state index contributed by atoms with van der Waals surface area (Å²) in [6.45, 7) is 1.67. The van der Waals surface area contributed by atoms with Crippen LogP contribution < -0.4 is 10.6 Å². The maximum atomic E-state index is 12.7. The van der Waals surface area contributed by atoms with Gasteiger partial charge in [0.15, 0.2) is 0 Å². The Labute approximate surface area is 164 Å². The summed E-state index contributed by atoms with van der Waals surface area (Å²) in [5, 5.41) is 28.7. The Bertz CT molecular complexity index is 973. The number of anilines is 2. The van der Waals surface area contributed by atoms with Gasteiger partial charge in [0, 0.05) is 35.9 Å². The highest BCUT2D eigenvalue weighted by Crippen LogP contribution is 2.32. The van der Waals surface area contributed by atoms with Crippen LogP contribution in [0.5, 0.6) is 0 Å². The van der Waals surface area contributed by atoms with Crippen molar-refractivity contribution in [3.63, 3.8) is 0 Å². The summed E-state index contributed by atoms with van der Waals surface area (Å²) in [4.78, 5) is 1.45. The van der Waals surface area contributed by atoms with Crippen LogP contribution in [0.3, 0.4) is 0 Å². The van der Waals surface area contributed by atoms with Gasteiger partial charge in [0.25, 0.3) is 0 Å². The van der Waals surface area contributed by atoms with E-state index in [1.165, 1.54) is 16.9 Å². The fourth-order valence-corrected chi connectivity index (χ4v) is 3.23. The smallest absolute Gasteiger partial charge is 0.391 e. The normalized spacial score (nSPS) is 19.4. The van der Waals surface area contributed by atoms with Gasteiger partial charge in [0.05, 0.1) is 18.2 Å². The minimum absolute atomic E-state index is 0.0116. The van der Waals surface area contributed by atoms with Crippen molar-refractivity contribution >= 4 is 11.4 Å². The molecule has 7 nitrogen and oxygen atoms in total. The number of benzene rings is 2. The molecule has 3 N–H and O–H groups in total. The number of aromatic nitrogens is 4. The van der Waals surface area contributed by atoms with Crippen molar-refractivity contribution in [2.75, 3.05) is 18.4 Å². The van der Waals surface area contributed by atoms with Crippen molar-refractivity contribution in [3.8, 4) is 11.4 Å². The number of alkyl halides is 3. The highest BCUT2D eigenvalue weighted by molar-refractivity contribution is 5.77. The maximum absolute atomic E-state index is 12.7. The van der Waals surface area contributed by atoms with Crippen LogP contribution in [0.4, 0.5) is 24.5 Å². The molecule has 2 heterocycles. The predicted molar refractivity (Wildman–Crippen MR) is 100 cm³/mol. The first-order chi connectivity index (χ1) is 13.9. The number of hydrogen-bond donors (Lipinski definition) is 3. The second-order valence-electron chi connectivity index (χ2n) is 6.90. The zero-order valence-electron chi connectivity index (χ0n) is 15.3. The molecule has 2 aromatic carbocycles. The Hall–Kier alpha value is -2.98. The number of aliphatic hydroxyl groups excluding tert-OH is 1. The molecule has 152 valence electrons. The highest BCUT2D eigenvalue weighted by Gasteiger charge is 2.30. The molecule has 2 atom stereocenters. The summed E-state index contributed by atoms with van der Waals surface area (Å²) >= 11 is 0. The highest BCUT2D eigenvalue weighted by atomic mass is 19.4. The monoisotopic (exact) mass is 404 g/mol.